The molecule has 2 fully saturated rings. The van der Waals surface area contributed by atoms with Crippen LogP contribution in [-0.2, 0) is 4.79 Å². The van der Waals surface area contributed by atoms with E-state index in [0.717, 1.165) is 43.9 Å². The molecule has 0 spiro atoms. The Balaban J connectivity index is 1.76. The molecule has 2 aliphatic rings. The Morgan fingerprint density at radius 3 is 2.70 bits per heavy atom. The van der Waals surface area contributed by atoms with Gasteiger partial charge in [-0.2, -0.15) is 0 Å². The SMILES string of the molecule is O=C(CC1CCCCC1)N1CC(O)CC1c1cc(F)ccc1F. The van der Waals surface area contributed by atoms with Crippen molar-refractivity contribution in [2.24, 2.45) is 5.92 Å². The zero-order valence-corrected chi connectivity index (χ0v) is 13.2. The summed E-state index contributed by atoms with van der Waals surface area (Å²) >= 11 is 0. The van der Waals surface area contributed by atoms with Crippen molar-refractivity contribution in [2.75, 3.05) is 6.54 Å². The van der Waals surface area contributed by atoms with E-state index >= 15 is 0 Å². The van der Waals surface area contributed by atoms with Crippen LogP contribution in [-0.4, -0.2) is 28.6 Å². The monoisotopic (exact) mass is 323 g/mol. The number of halogens is 2. The van der Waals surface area contributed by atoms with E-state index in [2.05, 4.69) is 0 Å². The Labute approximate surface area is 135 Å². The van der Waals surface area contributed by atoms with Gasteiger partial charge in [-0.3, -0.25) is 4.79 Å². The van der Waals surface area contributed by atoms with Crippen LogP contribution < -0.4 is 0 Å². The molecule has 3 rings (SSSR count). The molecule has 2 atom stereocenters. The minimum absolute atomic E-state index is 0.0536. The molecule has 1 amide bonds. The Bertz CT molecular complexity index is 572. The van der Waals surface area contributed by atoms with Gasteiger partial charge in [-0.25, -0.2) is 8.78 Å². The summed E-state index contributed by atoms with van der Waals surface area (Å²) in [4.78, 5) is 14.2. The second-order valence-electron chi connectivity index (χ2n) is 6.83. The maximum atomic E-state index is 14.1. The van der Waals surface area contributed by atoms with Gasteiger partial charge in [0.2, 0.25) is 5.91 Å². The van der Waals surface area contributed by atoms with Crippen molar-refractivity contribution in [3.8, 4) is 0 Å². The van der Waals surface area contributed by atoms with Crippen molar-refractivity contribution < 1.29 is 18.7 Å². The van der Waals surface area contributed by atoms with E-state index in [9.17, 15) is 18.7 Å². The molecular weight excluding hydrogens is 300 g/mol. The summed E-state index contributed by atoms with van der Waals surface area (Å²) in [6.45, 7) is 0.201. The minimum Gasteiger partial charge on any atom is -0.391 e. The largest absolute Gasteiger partial charge is 0.391 e. The second-order valence-corrected chi connectivity index (χ2v) is 6.83. The number of likely N-dealkylation sites (tertiary alicyclic amines) is 1. The minimum atomic E-state index is -0.682. The molecule has 0 bridgehead atoms. The molecule has 1 heterocycles. The summed E-state index contributed by atoms with van der Waals surface area (Å²) in [5.74, 6) is -0.724. The van der Waals surface area contributed by atoms with Gasteiger partial charge in [0, 0.05) is 18.5 Å². The van der Waals surface area contributed by atoms with Crippen molar-refractivity contribution in [1.82, 2.24) is 4.90 Å². The van der Waals surface area contributed by atoms with Crippen LogP contribution in [0.4, 0.5) is 8.78 Å². The predicted molar refractivity (Wildman–Crippen MR) is 82.6 cm³/mol. The third-order valence-corrected chi connectivity index (χ3v) is 5.10. The average molecular weight is 323 g/mol. The Kier molecular flexibility index (Phi) is 4.95. The summed E-state index contributed by atoms with van der Waals surface area (Å²) in [7, 11) is 0. The first-order chi connectivity index (χ1) is 11.0. The van der Waals surface area contributed by atoms with E-state index in [4.69, 9.17) is 0 Å². The molecule has 1 aliphatic heterocycles. The maximum absolute atomic E-state index is 14.1. The lowest BCUT2D eigenvalue weighted by molar-refractivity contribution is -0.133. The second kappa shape index (κ2) is 6.95. The van der Waals surface area contributed by atoms with Crippen LogP contribution in [0.15, 0.2) is 18.2 Å². The fourth-order valence-corrected chi connectivity index (χ4v) is 3.91. The molecule has 23 heavy (non-hydrogen) atoms. The molecule has 0 radical (unpaired) electrons. The number of hydrogen-bond acceptors (Lipinski definition) is 2. The molecule has 3 nitrogen and oxygen atoms in total. The van der Waals surface area contributed by atoms with Crippen LogP contribution in [0, 0.1) is 17.6 Å². The van der Waals surface area contributed by atoms with E-state index in [1.165, 1.54) is 11.3 Å². The molecule has 1 aromatic rings. The highest BCUT2D eigenvalue weighted by molar-refractivity contribution is 5.77. The van der Waals surface area contributed by atoms with E-state index in [1.807, 2.05) is 0 Å². The Morgan fingerprint density at radius 1 is 1.22 bits per heavy atom. The molecule has 0 aromatic heterocycles. The van der Waals surface area contributed by atoms with Crippen LogP contribution in [0.1, 0.15) is 56.6 Å². The van der Waals surface area contributed by atoms with Gasteiger partial charge in [0.05, 0.1) is 12.1 Å². The lowest BCUT2D eigenvalue weighted by Gasteiger charge is -2.28. The van der Waals surface area contributed by atoms with Crippen molar-refractivity contribution in [3.05, 3.63) is 35.4 Å². The molecule has 2 unspecified atom stereocenters. The predicted octanol–water partition coefficient (Wildman–Crippen LogP) is 3.57. The summed E-state index contributed by atoms with van der Waals surface area (Å²) < 4.78 is 27.5. The Hall–Kier alpha value is -1.49. The van der Waals surface area contributed by atoms with Gasteiger partial charge in [-0.05, 0) is 43.4 Å². The third kappa shape index (κ3) is 3.71. The Morgan fingerprint density at radius 2 is 1.96 bits per heavy atom. The molecule has 1 saturated carbocycles. The summed E-state index contributed by atoms with van der Waals surface area (Å²) in [5.41, 5.74) is 0.165. The van der Waals surface area contributed by atoms with Crippen LogP contribution >= 0.6 is 0 Å². The average Bonchev–Trinajstić information content (AvgIpc) is 2.92. The standard InChI is InChI=1S/C18H23F2NO2/c19-13-6-7-16(20)15(9-13)17-10-14(22)11-21(17)18(23)8-12-4-2-1-3-5-12/h6-7,9,12,14,17,22H,1-5,8,10-11H2. The first-order valence-electron chi connectivity index (χ1n) is 8.47. The molecule has 5 heteroatoms. The molecule has 1 aromatic carbocycles. The van der Waals surface area contributed by atoms with Crippen molar-refractivity contribution in [2.45, 2.75) is 57.1 Å². The molecular formula is C18H23F2NO2. The highest BCUT2D eigenvalue weighted by Gasteiger charge is 2.37. The van der Waals surface area contributed by atoms with Gasteiger partial charge >= 0.3 is 0 Å². The number of amides is 1. The number of β-amino-alcohol motifs (C(OH)–C–C–N with tert-alkyl or cyclic N) is 1. The summed E-state index contributed by atoms with van der Waals surface area (Å²) in [6, 6.07) is 2.72. The number of hydrogen-bond donors (Lipinski definition) is 1. The van der Waals surface area contributed by atoms with Gasteiger partial charge in [-0.15, -0.1) is 0 Å². The van der Waals surface area contributed by atoms with E-state index < -0.39 is 23.8 Å². The van der Waals surface area contributed by atoms with Gasteiger partial charge in [0.25, 0.3) is 0 Å². The van der Waals surface area contributed by atoms with Crippen LogP contribution in [0.25, 0.3) is 0 Å². The number of nitrogens with zero attached hydrogens (tertiary/aromatic N) is 1. The van der Waals surface area contributed by atoms with E-state index in [0.29, 0.717) is 12.3 Å². The van der Waals surface area contributed by atoms with Gasteiger partial charge in [0.15, 0.2) is 0 Å². The smallest absolute Gasteiger partial charge is 0.223 e. The van der Waals surface area contributed by atoms with Crippen LogP contribution in [0.5, 0.6) is 0 Å². The zero-order valence-electron chi connectivity index (χ0n) is 13.2. The molecule has 126 valence electrons. The first kappa shape index (κ1) is 16.4. The number of benzene rings is 1. The van der Waals surface area contributed by atoms with Crippen molar-refractivity contribution >= 4 is 5.91 Å². The molecule has 1 saturated heterocycles. The summed E-state index contributed by atoms with van der Waals surface area (Å²) in [5, 5.41) is 9.94. The van der Waals surface area contributed by atoms with E-state index in [-0.39, 0.29) is 24.4 Å². The first-order valence-corrected chi connectivity index (χ1v) is 8.47. The zero-order chi connectivity index (χ0) is 16.4. The topological polar surface area (TPSA) is 40.5 Å². The highest BCUT2D eigenvalue weighted by Crippen LogP contribution is 2.36. The van der Waals surface area contributed by atoms with Gasteiger partial charge in [0.1, 0.15) is 11.6 Å². The fraction of sp³-hybridized carbons (Fsp3) is 0.611. The number of rotatable bonds is 3. The lowest BCUT2D eigenvalue weighted by atomic mass is 9.86. The maximum Gasteiger partial charge on any atom is 0.223 e. The number of carbonyl (C=O) groups excluding carboxylic acids is 1. The number of aliphatic hydroxyl groups is 1. The quantitative estimate of drug-likeness (QED) is 0.924. The van der Waals surface area contributed by atoms with Crippen LogP contribution in [0.3, 0.4) is 0 Å². The fourth-order valence-electron chi connectivity index (χ4n) is 3.91. The van der Waals surface area contributed by atoms with Gasteiger partial charge in [-0.1, -0.05) is 19.3 Å². The molecule has 1 aliphatic carbocycles. The van der Waals surface area contributed by atoms with Crippen molar-refractivity contribution in [1.29, 1.82) is 0 Å². The lowest BCUT2D eigenvalue weighted by Crippen LogP contribution is -2.33. The van der Waals surface area contributed by atoms with Crippen molar-refractivity contribution in [3.63, 3.8) is 0 Å². The molecule has 1 N–H and O–H groups in total. The normalized spacial score (nSPS) is 25.8. The highest BCUT2D eigenvalue weighted by atomic mass is 19.1. The van der Waals surface area contributed by atoms with Crippen LogP contribution in [0.2, 0.25) is 0 Å². The van der Waals surface area contributed by atoms with E-state index in [1.54, 1.807) is 0 Å². The number of aliphatic hydroxyl groups excluding tert-OH is 1. The van der Waals surface area contributed by atoms with Gasteiger partial charge < -0.3 is 10.0 Å². The summed E-state index contributed by atoms with van der Waals surface area (Å²) in [6.07, 6.45) is 5.67. The third-order valence-electron chi connectivity index (χ3n) is 5.10. The number of carbonyl (C=O) groups is 1.